The molecule has 0 saturated carbocycles. The zero-order valence-corrected chi connectivity index (χ0v) is 7.31. The first-order chi connectivity index (χ1) is 6.45. The van der Waals surface area contributed by atoms with E-state index >= 15 is 0 Å². The Hall–Kier alpha value is -1.20. The van der Waals surface area contributed by atoms with Crippen molar-refractivity contribution < 1.29 is 4.74 Å². The van der Waals surface area contributed by atoms with Gasteiger partial charge in [-0.1, -0.05) is 0 Å². The number of anilines is 1. The Balaban J connectivity index is 1.90. The molecule has 0 aromatic carbocycles. The summed E-state index contributed by atoms with van der Waals surface area (Å²) >= 11 is 0. The van der Waals surface area contributed by atoms with E-state index in [1.807, 2.05) is 0 Å². The number of morpholine rings is 1. The second-order valence-electron chi connectivity index (χ2n) is 2.80. The minimum Gasteiger partial charge on any atom is -0.379 e. The van der Waals surface area contributed by atoms with E-state index in [-0.39, 0.29) is 0 Å². The Morgan fingerprint density at radius 3 is 2.85 bits per heavy atom. The third-order valence-electron chi connectivity index (χ3n) is 1.85. The van der Waals surface area contributed by atoms with Gasteiger partial charge in [0.2, 0.25) is 0 Å². The summed E-state index contributed by atoms with van der Waals surface area (Å²) in [5.74, 6) is 0.782. The lowest BCUT2D eigenvalue weighted by Crippen LogP contribution is -2.40. The molecule has 0 bridgehead atoms. The molecule has 0 spiro atoms. The Bertz CT molecular complexity index is 248. The molecule has 1 aromatic heterocycles. The van der Waals surface area contributed by atoms with E-state index in [0.29, 0.717) is 0 Å². The van der Waals surface area contributed by atoms with E-state index in [1.165, 1.54) is 0 Å². The molecule has 5 nitrogen and oxygen atoms in total. The Kier molecular flexibility index (Phi) is 2.68. The van der Waals surface area contributed by atoms with Gasteiger partial charge in [0.1, 0.15) is 0 Å². The van der Waals surface area contributed by atoms with Crippen LogP contribution in [-0.2, 0) is 4.74 Å². The van der Waals surface area contributed by atoms with Gasteiger partial charge in [0.25, 0.3) is 0 Å². The second kappa shape index (κ2) is 4.15. The van der Waals surface area contributed by atoms with Gasteiger partial charge in [-0.2, -0.15) is 0 Å². The number of ether oxygens (including phenoxy) is 1. The molecule has 1 aromatic rings. The molecule has 1 N–H and O–H groups in total. The molecule has 0 unspecified atom stereocenters. The van der Waals surface area contributed by atoms with Crippen molar-refractivity contribution in [1.29, 1.82) is 0 Å². The van der Waals surface area contributed by atoms with Crippen molar-refractivity contribution in [3.63, 3.8) is 0 Å². The fourth-order valence-corrected chi connectivity index (χ4v) is 1.19. The first-order valence-electron chi connectivity index (χ1n) is 4.30. The molecule has 13 heavy (non-hydrogen) atoms. The van der Waals surface area contributed by atoms with Gasteiger partial charge in [-0.15, -0.1) is 0 Å². The molecule has 1 saturated heterocycles. The average molecular weight is 180 g/mol. The van der Waals surface area contributed by atoms with Crippen LogP contribution in [0, 0.1) is 0 Å². The first-order valence-corrected chi connectivity index (χ1v) is 4.30. The van der Waals surface area contributed by atoms with Crippen LogP contribution in [0.15, 0.2) is 18.6 Å². The highest BCUT2D eigenvalue weighted by molar-refractivity contribution is 5.28. The van der Waals surface area contributed by atoms with Crippen molar-refractivity contribution in [1.82, 2.24) is 15.0 Å². The van der Waals surface area contributed by atoms with Crippen molar-refractivity contribution in [2.24, 2.45) is 0 Å². The maximum absolute atomic E-state index is 5.22. The van der Waals surface area contributed by atoms with Gasteiger partial charge in [0.15, 0.2) is 5.82 Å². The molecule has 5 heteroatoms. The molecule has 0 atom stereocenters. The highest BCUT2D eigenvalue weighted by Gasteiger charge is 2.09. The number of hydrogen-bond donors (Lipinski definition) is 1. The molecule has 0 aliphatic carbocycles. The standard InChI is InChI=1S/C8H12N4O/c1-2-10-8(7-9-1)11-12-3-5-13-6-4-12/h1-2,7H,3-6H2,(H,10,11). The fraction of sp³-hybridized carbons (Fsp3) is 0.500. The van der Waals surface area contributed by atoms with Gasteiger partial charge in [-0.25, -0.2) is 9.99 Å². The van der Waals surface area contributed by atoms with Gasteiger partial charge < -0.3 is 10.2 Å². The van der Waals surface area contributed by atoms with Crippen molar-refractivity contribution in [3.05, 3.63) is 18.6 Å². The number of rotatable bonds is 2. The van der Waals surface area contributed by atoms with E-state index in [9.17, 15) is 0 Å². The van der Waals surface area contributed by atoms with Crippen molar-refractivity contribution in [2.75, 3.05) is 31.7 Å². The topological polar surface area (TPSA) is 50.3 Å². The average Bonchev–Trinajstić information content (AvgIpc) is 2.21. The zero-order chi connectivity index (χ0) is 8.93. The Morgan fingerprint density at radius 1 is 1.31 bits per heavy atom. The molecule has 70 valence electrons. The van der Waals surface area contributed by atoms with Crippen LogP contribution in [0.5, 0.6) is 0 Å². The third-order valence-corrected chi connectivity index (χ3v) is 1.85. The van der Waals surface area contributed by atoms with Gasteiger partial charge in [-0.05, 0) is 0 Å². The number of nitrogens with one attached hydrogen (secondary N) is 1. The van der Waals surface area contributed by atoms with Crippen LogP contribution in [0.25, 0.3) is 0 Å². The fourth-order valence-electron chi connectivity index (χ4n) is 1.19. The highest BCUT2D eigenvalue weighted by atomic mass is 16.5. The SMILES string of the molecule is c1cnc(NN2CCOCC2)cn1. The molecule has 2 rings (SSSR count). The summed E-state index contributed by atoms with van der Waals surface area (Å²) in [6.07, 6.45) is 5.03. The van der Waals surface area contributed by atoms with Crippen LogP contribution in [-0.4, -0.2) is 41.3 Å². The molecule has 0 radical (unpaired) electrons. The van der Waals surface area contributed by atoms with E-state index in [4.69, 9.17) is 4.74 Å². The van der Waals surface area contributed by atoms with Crippen molar-refractivity contribution in [3.8, 4) is 0 Å². The summed E-state index contributed by atoms with van der Waals surface area (Å²) < 4.78 is 5.22. The second-order valence-corrected chi connectivity index (χ2v) is 2.80. The lowest BCUT2D eigenvalue weighted by molar-refractivity contribution is 0.0494. The van der Waals surface area contributed by atoms with Crippen LogP contribution in [0.4, 0.5) is 5.82 Å². The predicted octanol–water partition coefficient (Wildman–Crippen LogP) is 0.136. The van der Waals surface area contributed by atoms with Crippen LogP contribution in [0.2, 0.25) is 0 Å². The lowest BCUT2D eigenvalue weighted by Gasteiger charge is -2.27. The van der Waals surface area contributed by atoms with Crippen LogP contribution < -0.4 is 5.43 Å². The largest absolute Gasteiger partial charge is 0.379 e. The van der Waals surface area contributed by atoms with Gasteiger partial charge in [0.05, 0.1) is 19.4 Å². The maximum Gasteiger partial charge on any atom is 0.158 e. The molecule has 1 aliphatic heterocycles. The van der Waals surface area contributed by atoms with E-state index in [0.717, 1.165) is 32.1 Å². The molecule has 0 amide bonds. The molecule has 2 heterocycles. The normalized spacial score (nSPS) is 18.5. The summed E-state index contributed by atoms with van der Waals surface area (Å²) in [5.41, 5.74) is 3.16. The molecule has 1 aliphatic rings. The minimum atomic E-state index is 0.771. The predicted molar refractivity (Wildman–Crippen MR) is 48.0 cm³/mol. The smallest absolute Gasteiger partial charge is 0.158 e. The van der Waals surface area contributed by atoms with Crippen molar-refractivity contribution in [2.45, 2.75) is 0 Å². The Morgan fingerprint density at radius 2 is 2.15 bits per heavy atom. The minimum absolute atomic E-state index is 0.771. The van der Waals surface area contributed by atoms with Gasteiger partial charge in [0, 0.05) is 25.5 Å². The van der Waals surface area contributed by atoms with Gasteiger partial charge in [-0.3, -0.25) is 4.98 Å². The lowest BCUT2D eigenvalue weighted by atomic mass is 10.5. The number of hydrazine groups is 1. The summed E-state index contributed by atoms with van der Waals surface area (Å²) in [5, 5.41) is 2.08. The molecular weight excluding hydrogens is 168 g/mol. The maximum atomic E-state index is 5.22. The molecular formula is C8H12N4O. The summed E-state index contributed by atoms with van der Waals surface area (Å²) in [6.45, 7) is 3.31. The van der Waals surface area contributed by atoms with Crippen LogP contribution >= 0.6 is 0 Å². The van der Waals surface area contributed by atoms with Crippen LogP contribution in [0.3, 0.4) is 0 Å². The van der Waals surface area contributed by atoms with E-state index in [1.54, 1.807) is 18.6 Å². The number of aromatic nitrogens is 2. The number of hydrogen-bond acceptors (Lipinski definition) is 5. The third kappa shape index (κ3) is 2.37. The van der Waals surface area contributed by atoms with Crippen LogP contribution in [0.1, 0.15) is 0 Å². The highest BCUT2D eigenvalue weighted by Crippen LogP contribution is 2.02. The zero-order valence-electron chi connectivity index (χ0n) is 7.31. The van der Waals surface area contributed by atoms with Crippen molar-refractivity contribution >= 4 is 5.82 Å². The summed E-state index contributed by atoms with van der Waals surface area (Å²) in [6, 6.07) is 0. The monoisotopic (exact) mass is 180 g/mol. The summed E-state index contributed by atoms with van der Waals surface area (Å²) in [7, 11) is 0. The van der Waals surface area contributed by atoms with E-state index < -0.39 is 0 Å². The van der Waals surface area contributed by atoms with Gasteiger partial charge >= 0.3 is 0 Å². The molecule has 1 fully saturated rings. The Labute approximate surface area is 76.7 Å². The van der Waals surface area contributed by atoms with E-state index in [2.05, 4.69) is 20.4 Å². The summed E-state index contributed by atoms with van der Waals surface area (Å²) in [4.78, 5) is 8.08. The quantitative estimate of drug-likeness (QED) is 0.701. The number of nitrogens with zero attached hydrogens (tertiary/aromatic N) is 3. The first kappa shape index (κ1) is 8.40.